The number of benzene rings is 2. The highest BCUT2D eigenvalue weighted by Gasteiger charge is 2.49. The van der Waals surface area contributed by atoms with Crippen molar-refractivity contribution < 1.29 is 19.1 Å². The molecule has 164 valence electrons. The summed E-state index contributed by atoms with van der Waals surface area (Å²) >= 11 is 0. The van der Waals surface area contributed by atoms with Crippen molar-refractivity contribution in [2.45, 2.75) is 64.0 Å². The predicted molar refractivity (Wildman–Crippen MR) is 125 cm³/mol. The molecule has 0 saturated heterocycles. The van der Waals surface area contributed by atoms with Crippen molar-refractivity contribution in [3.63, 3.8) is 0 Å². The zero-order valence-electron chi connectivity index (χ0n) is 18.8. The van der Waals surface area contributed by atoms with Gasteiger partial charge in [0.25, 0.3) is 8.32 Å². The molecule has 4 nitrogen and oxygen atoms in total. The second-order valence-corrected chi connectivity index (χ2v) is 13.1. The fourth-order valence-corrected chi connectivity index (χ4v) is 8.72. The van der Waals surface area contributed by atoms with Gasteiger partial charge in [-0.15, -0.1) is 0 Å². The molecule has 0 aliphatic carbocycles. The molecule has 2 aromatic rings. The summed E-state index contributed by atoms with van der Waals surface area (Å²) < 4.78 is 11.9. The zero-order valence-corrected chi connectivity index (χ0v) is 19.8. The van der Waals surface area contributed by atoms with Gasteiger partial charge in [0.2, 0.25) is 0 Å². The van der Waals surface area contributed by atoms with Crippen molar-refractivity contribution in [1.82, 2.24) is 0 Å². The first-order chi connectivity index (χ1) is 14.3. The summed E-state index contributed by atoms with van der Waals surface area (Å²) in [6, 6.07) is 21.4. The van der Waals surface area contributed by atoms with Crippen molar-refractivity contribution in [2.24, 2.45) is 0 Å². The minimum atomic E-state index is -2.45. The standard InChI is InChI=1S/C25H36O4Si/c1-25(2,3)30(21-15-9-7-10-16-21,22-17-11-8-12-18-22)29-20-14-6-5-13-19-23(28-4)24(26)27/h7-12,15-18,23H,5-6,13-14,19-20H2,1-4H3,(H,26,27). The maximum atomic E-state index is 11.0. The van der Waals surface area contributed by atoms with Gasteiger partial charge in [-0.3, -0.25) is 0 Å². The second-order valence-electron chi connectivity index (χ2n) is 8.78. The van der Waals surface area contributed by atoms with Crippen LogP contribution in [0.2, 0.25) is 5.04 Å². The van der Waals surface area contributed by atoms with Gasteiger partial charge in [-0.1, -0.05) is 101 Å². The maximum Gasteiger partial charge on any atom is 0.332 e. The lowest BCUT2D eigenvalue weighted by atomic mass is 10.1. The van der Waals surface area contributed by atoms with Crippen molar-refractivity contribution in [3.8, 4) is 0 Å². The quantitative estimate of drug-likeness (QED) is 0.396. The van der Waals surface area contributed by atoms with E-state index in [0.717, 1.165) is 25.7 Å². The molecule has 1 atom stereocenters. The molecule has 2 aromatic carbocycles. The number of unbranched alkanes of at least 4 members (excludes halogenated alkanes) is 3. The minimum absolute atomic E-state index is 0.0110. The SMILES string of the molecule is COC(CCCCCCO[Si](c1ccccc1)(c1ccccc1)C(C)(C)C)C(=O)O. The maximum absolute atomic E-state index is 11.0. The molecular formula is C25H36O4Si. The molecule has 2 rings (SSSR count). The third-order valence-corrected chi connectivity index (χ3v) is 10.7. The van der Waals surface area contributed by atoms with E-state index < -0.39 is 20.4 Å². The van der Waals surface area contributed by atoms with E-state index in [1.807, 2.05) is 0 Å². The van der Waals surface area contributed by atoms with E-state index in [0.29, 0.717) is 13.0 Å². The molecule has 0 heterocycles. The first kappa shape index (κ1) is 24.3. The van der Waals surface area contributed by atoms with Gasteiger partial charge in [-0.05, 0) is 28.3 Å². The normalized spacial score (nSPS) is 13.2. The molecule has 5 heteroatoms. The third-order valence-electron chi connectivity index (χ3n) is 5.66. The summed E-state index contributed by atoms with van der Waals surface area (Å²) in [5.74, 6) is -0.882. The summed E-state index contributed by atoms with van der Waals surface area (Å²) in [5.41, 5.74) is 0. The molecule has 0 aromatic heterocycles. The average molecular weight is 429 g/mol. The van der Waals surface area contributed by atoms with Crippen LogP contribution in [0, 0.1) is 0 Å². The molecule has 0 radical (unpaired) electrons. The molecule has 0 aliphatic heterocycles. The van der Waals surface area contributed by atoms with Gasteiger partial charge in [0.15, 0.2) is 6.10 Å². The Bertz CT molecular complexity index is 716. The summed E-state index contributed by atoms with van der Waals surface area (Å²) in [4.78, 5) is 11.0. The highest BCUT2D eigenvalue weighted by Crippen LogP contribution is 2.36. The highest BCUT2D eigenvalue weighted by molar-refractivity contribution is 6.99. The van der Waals surface area contributed by atoms with Crippen LogP contribution in [0.1, 0.15) is 52.9 Å². The Morgan fingerprint density at radius 2 is 1.40 bits per heavy atom. The zero-order chi connectivity index (χ0) is 22.0. The average Bonchev–Trinajstić information content (AvgIpc) is 2.73. The van der Waals surface area contributed by atoms with Crippen LogP contribution in [0.3, 0.4) is 0 Å². The topological polar surface area (TPSA) is 55.8 Å². The monoisotopic (exact) mass is 428 g/mol. The molecule has 0 spiro atoms. The number of aliphatic carboxylic acids is 1. The summed E-state index contributed by atoms with van der Waals surface area (Å²) in [6.07, 6.45) is 3.69. The fourth-order valence-electron chi connectivity index (χ4n) is 4.11. The summed E-state index contributed by atoms with van der Waals surface area (Å²) in [5, 5.41) is 11.6. The lowest BCUT2D eigenvalue weighted by Crippen LogP contribution is -2.66. The number of ether oxygens (including phenoxy) is 1. The number of rotatable bonds is 12. The van der Waals surface area contributed by atoms with Crippen molar-refractivity contribution in [3.05, 3.63) is 60.7 Å². The predicted octanol–water partition coefficient (Wildman–Crippen LogP) is 4.61. The highest BCUT2D eigenvalue weighted by atomic mass is 28.4. The van der Waals surface area contributed by atoms with E-state index in [-0.39, 0.29) is 5.04 Å². The Hall–Kier alpha value is -1.95. The van der Waals surface area contributed by atoms with E-state index in [9.17, 15) is 4.79 Å². The smallest absolute Gasteiger partial charge is 0.332 e. The van der Waals surface area contributed by atoms with E-state index in [1.54, 1.807) is 0 Å². The third kappa shape index (κ3) is 6.03. The molecule has 0 aliphatic rings. The van der Waals surface area contributed by atoms with Gasteiger partial charge in [-0.25, -0.2) is 4.79 Å². The molecule has 1 N–H and O–H groups in total. The molecule has 30 heavy (non-hydrogen) atoms. The fraction of sp³-hybridized carbons (Fsp3) is 0.480. The van der Waals surface area contributed by atoms with Crippen LogP contribution in [0.15, 0.2) is 60.7 Å². The van der Waals surface area contributed by atoms with Crippen LogP contribution >= 0.6 is 0 Å². The van der Waals surface area contributed by atoms with Crippen molar-refractivity contribution in [2.75, 3.05) is 13.7 Å². The number of carboxylic acids is 1. The van der Waals surface area contributed by atoms with Gasteiger partial charge < -0.3 is 14.3 Å². The molecule has 0 bridgehead atoms. The molecule has 0 fully saturated rings. The first-order valence-electron chi connectivity index (χ1n) is 10.8. The van der Waals surface area contributed by atoms with Crippen LogP contribution in [0.5, 0.6) is 0 Å². The van der Waals surface area contributed by atoms with Gasteiger partial charge in [-0.2, -0.15) is 0 Å². The number of carboxylic acid groups (broad SMARTS) is 1. The van der Waals surface area contributed by atoms with Crippen molar-refractivity contribution in [1.29, 1.82) is 0 Å². The lowest BCUT2D eigenvalue weighted by molar-refractivity contribution is -0.148. The number of hydrogen-bond donors (Lipinski definition) is 1. The molecule has 0 amide bonds. The Labute approximate surface area is 182 Å². The number of methoxy groups -OCH3 is 1. The van der Waals surface area contributed by atoms with Crippen LogP contribution in [0.25, 0.3) is 0 Å². The van der Waals surface area contributed by atoms with E-state index >= 15 is 0 Å². The van der Waals surface area contributed by atoms with E-state index in [2.05, 4.69) is 81.4 Å². The van der Waals surface area contributed by atoms with Gasteiger partial charge in [0.05, 0.1) is 0 Å². The first-order valence-corrected chi connectivity index (χ1v) is 12.7. The Morgan fingerprint density at radius 3 is 1.83 bits per heavy atom. The minimum Gasteiger partial charge on any atom is -0.479 e. The van der Waals surface area contributed by atoms with Crippen LogP contribution in [-0.4, -0.2) is 39.2 Å². The number of carbonyl (C=O) groups is 1. The van der Waals surface area contributed by atoms with E-state index in [1.165, 1.54) is 17.5 Å². The summed E-state index contributed by atoms with van der Waals surface area (Å²) in [7, 11) is -0.999. The van der Waals surface area contributed by atoms with Gasteiger partial charge in [0.1, 0.15) is 0 Å². The number of hydrogen-bond acceptors (Lipinski definition) is 3. The summed E-state index contributed by atoms with van der Waals surface area (Å²) in [6.45, 7) is 7.57. The lowest BCUT2D eigenvalue weighted by Gasteiger charge is -2.43. The Morgan fingerprint density at radius 1 is 0.900 bits per heavy atom. The Kier molecular flexibility index (Phi) is 9.27. The van der Waals surface area contributed by atoms with Gasteiger partial charge >= 0.3 is 5.97 Å². The van der Waals surface area contributed by atoms with Crippen LogP contribution in [-0.2, 0) is 14.0 Å². The molecule has 0 saturated carbocycles. The van der Waals surface area contributed by atoms with Crippen molar-refractivity contribution >= 4 is 24.7 Å². The van der Waals surface area contributed by atoms with Crippen LogP contribution < -0.4 is 10.4 Å². The molecule has 1 unspecified atom stereocenters. The van der Waals surface area contributed by atoms with E-state index in [4.69, 9.17) is 14.3 Å². The van der Waals surface area contributed by atoms with Gasteiger partial charge in [0, 0.05) is 13.7 Å². The Balaban J connectivity index is 2.06. The van der Waals surface area contributed by atoms with Crippen LogP contribution in [0.4, 0.5) is 0 Å². The largest absolute Gasteiger partial charge is 0.479 e. The second kappa shape index (κ2) is 11.4. The molecular weight excluding hydrogens is 392 g/mol.